The number of aliphatic hydroxyl groups excluding tert-OH is 1. The van der Waals surface area contributed by atoms with Gasteiger partial charge in [0.15, 0.2) is 5.65 Å². The standard InChI is InChI=1S/C14H20N4O/c1-10-7-8-18-13(9-10)16-14(17-18)15-11-5-3-2-4-6-12(11)19/h7-9,11-12,19H,2-6H2,1H3,(H,15,17). The van der Waals surface area contributed by atoms with E-state index in [0.29, 0.717) is 5.95 Å². The van der Waals surface area contributed by atoms with E-state index in [9.17, 15) is 5.11 Å². The van der Waals surface area contributed by atoms with Crippen LogP contribution in [0.15, 0.2) is 18.3 Å². The first-order valence-corrected chi connectivity index (χ1v) is 7.00. The Bertz CT molecular complexity index is 566. The van der Waals surface area contributed by atoms with Gasteiger partial charge in [0.25, 0.3) is 0 Å². The molecule has 2 unspecified atom stereocenters. The Kier molecular flexibility index (Phi) is 3.38. The van der Waals surface area contributed by atoms with Gasteiger partial charge in [0.1, 0.15) is 0 Å². The van der Waals surface area contributed by atoms with Gasteiger partial charge >= 0.3 is 0 Å². The third-order valence-electron chi connectivity index (χ3n) is 3.79. The maximum atomic E-state index is 10.1. The van der Waals surface area contributed by atoms with E-state index in [0.717, 1.165) is 31.3 Å². The number of anilines is 1. The highest BCUT2D eigenvalue weighted by molar-refractivity contribution is 5.45. The van der Waals surface area contributed by atoms with Gasteiger partial charge in [-0.05, 0) is 37.5 Å². The lowest BCUT2D eigenvalue weighted by Crippen LogP contribution is -2.32. The lowest BCUT2D eigenvalue weighted by Gasteiger charge is -2.20. The maximum absolute atomic E-state index is 10.1. The van der Waals surface area contributed by atoms with Crippen molar-refractivity contribution in [1.29, 1.82) is 0 Å². The highest BCUT2D eigenvalue weighted by atomic mass is 16.3. The van der Waals surface area contributed by atoms with Crippen LogP contribution in [0.2, 0.25) is 0 Å². The van der Waals surface area contributed by atoms with Gasteiger partial charge in [-0.15, -0.1) is 5.10 Å². The molecule has 0 aromatic carbocycles. The van der Waals surface area contributed by atoms with Crippen LogP contribution in [0, 0.1) is 6.92 Å². The van der Waals surface area contributed by atoms with Crippen LogP contribution >= 0.6 is 0 Å². The summed E-state index contributed by atoms with van der Waals surface area (Å²) in [5.41, 5.74) is 2.01. The number of aromatic nitrogens is 3. The normalized spacial score (nSPS) is 24.3. The molecule has 0 spiro atoms. The van der Waals surface area contributed by atoms with Crippen LogP contribution in [0.1, 0.15) is 37.7 Å². The van der Waals surface area contributed by atoms with Gasteiger partial charge in [-0.3, -0.25) is 0 Å². The highest BCUT2D eigenvalue weighted by Gasteiger charge is 2.22. The zero-order valence-corrected chi connectivity index (χ0v) is 11.2. The number of hydrogen-bond donors (Lipinski definition) is 2. The van der Waals surface area contributed by atoms with Crippen LogP contribution in [0.25, 0.3) is 5.65 Å². The number of pyridine rings is 1. The molecular weight excluding hydrogens is 240 g/mol. The molecule has 3 rings (SSSR count). The number of fused-ring (bicyclic) bond motifs is 1. The van der Waals surface area contributed by atoms with Crippen molar-refractivity contribution in [3.63, 3.8) is 0 Å². The average molecular weight is 260 g/mol. The molecule has 102 valence electrons. The van der Waals surface area contributed by atoms with Crippen LogP contribution < -0.4 is 5.32 Å². The Morgan fingerprint density at radius 3 is 3.05 bits per heavy atom. The van der Waals surface area contributed by atoms with Crippen molar-refractivity contribution < 1.29 is 5.11 Å². The number of nitrogens with zero attached hydrogens (tertiary/aromatic N) is 3. The van der Waals surface area contributed by atoms with Crippen LogP contribution in [0.4, 0.5) is 5.95 Å². The largest absolute Gasteiger partial charge is 0.391 e. The topological polar surface area (TPSA) is 62.5 Å². The summed E-state index contributed by atoms with van der Waals surface area (Å²) in [7, 11) is 0. The number of aliphatic hydroxyl groups is 1. The second-order valence-corrected chi connectivity index (χ2v) is 5.40. The van der Waals surface area contributed by atoms with Crippen LogP contribution in [-0.4, -0.2) is 31.9 Å². The number of rotatable bonds is 2. The molecule has 1 aliphatic rings. The summed E-state index contributed by atoms with van der Waals surface area (Å²) in [6, 6.07) is 4.08. The zero-order chi connectivity index (χ0) is 13.2. The van der Waals surface area contributed by atoms with E-state index in [-0.39, 0.29) is 12.1 Å². The first kappa shape index (κ1) is 12.4. The average Bonchev–Trinajstić information content (AvgIpc) is 2.66. The lowest BCUT2D eigenvalue weighted by atomic mass is 10.1. The molecule has 0 radical (unpaired) electrons. The van der Waals surface area contributed by atoms with Gasteiger partial charge < -0.3 is 10.4 Å². The van der Waals surface area contributed by atoms with E-state index in [1.54, 1.807) is 4.52 Å². The minimum atomic E-state index is -0.296. The summed E-state index contributed by atoms with van der Waals surface area (Å²) in [5, 5.41) is 17.8. The van der Waals surface area contributed by atoms with Crippen LogP contribution in [0.5, 0.6) is 0 Å². The van der Waals surface area contributed by atoms with Gasteiger partial charge in [0.05, 0.1) is 12.1 Å². The Morgan fingerprint density at radius 2 is 2.16 bits per heavy atom. The second kappa shape index (κ2) is 5.17. The summed E-state index contributed by atoms with van der Waals surface area (Å²) in [5.74, 6) is 0.608. The Morgan fingerprint density at radius 1 is 1.32 bits per heavy atom. The van der Waals surface area contributed by atoms with Crippen molar-refractivity contribution in [3.8, 4) is 0 Å². The van der Waals surface area contributed by atoms with E-state index in [4.69, 9.17) is 0 Å². The molecule has 2 aromatic rings. The van der Waals surface area contributed by atoms with Crippen molar-refractivity contribution in [1.82, 2.24) is 14.6 Å². The van der Waals surface area contributed by atoms with Gasteiger partial charge in [-0.1, -0.05) is 19.3 Å². The second-order valence-electron chi connectivity index (χ2n) is 5.40. The minimum absolute atomic E-state index is 0.0704. The molecule has 0 bridgehead atoms. The molecule has 1 aliphatic carbocycles. The molecule has 19 heavy (non-hydrogen) atoms. The highest BCUT2D eigenvalue weighted by Crippen LogP contribution is 2.20. The predicted molar refractivity (Wildman–Crippen MR) is 74.2 cm³/mol. The van der Waals surface area contributed by atoms with E-state index in [1.165, 1.54) is 12.0 Å². The van der Waals surface area contributed by atoms with Gasteiger partial charge in [-0.2, -0.15) is 4.98 Å². The van der Waals surface area contributed by atoms with Crippen molar-refractivity contribution in [2.75, 3.05) is 5.32 Å². The van der Waals surface area contributed by atoms with E-state index in [1.807, 2.05) is 25.3 Å². The monoisotopic (exact) mass is 260 g/mol. The molecule has 1 saturated carbocycles. The van der Waals surface area contributed by atoms with Gasteiger partial charge in [-0.25, -0.2) is 4.52 Å². The molecule has 0 saturated heterocycles. The van der Waals surface area contributed by atoms with Crippen molar-refractivity contribution in [3.05, 3.63) is 23.9 Å². The summed E-state index contributed by atoms with van der Waals surface area (Å²) >= 11 is 0. The molecule has 2 N–H and O–H groups in total. The third kappa shape index (κ3) is 2.71. The number of hydrogen-bond acceptors (Lipinski definition) is 4. The predicted octanol–water partition coefficient (Wildman–Crippen LogP) is 2.14. The lowest BCUT2D eigenvalue weighted by molar-refractivity contribution is 0.144. The molecule has 5 nitrogen and oxygen atoms in total. The van der Waals surface area contributed by atoms with Gasteiger partial charge in [0, 0.05) is 6.20 Å². The Balaban J connectivity index is 1.80. The number of aryl methyl sites for hydroxylation is 1. The van der Waals surface area contributed by atoms with E-state index in [2.05, 4.69) is 15.4 Å². The zero-order valence-electron chi connectivity index (χ0n) is 11.2. The Labute approximate surface area is 112 Å². The molecule has 0 aliphatic heterocycles. The molecular formula is C14H20N4O. The first-order valence-electron chi connectivity index (χ1n) is 7.00. The van der Waals surface area contributed by atoms with Crippen LogP contribution in [-0.2, 0) is 0 Å². The smallest absolute Gasteiger partial charge is 0.243 e. The summed E-state index contributed by atoms with van der Waals surface area (Å²) in [6.07, 6.45) is 6.92. The summed E-state index contributed by atoms with van der Waals surface area (Å²) in [4.78, 5) is 4.46. The van der Waals surface area contributed by atoms with E-state index >= 15 is 0 Å². The molecule has 5 heteroatoms. The van der Waals surface area contributed by atoms with Crippen LogP contribution in [0.3, 0.4) is 0 Å². The molecule has 0 amide bonds. The number of nitrogens with one attached hydrogen (secondary N) is 1. The molecule has 2 atom stereocenters. The molecule has 1 fully saturated rings. The fourth-order valence-electron chi connectivity index (χ4n) is 2.67. The third-order valence-corrected chi connectivity index (χ3v) is 3.79. The van der Waals surface area contributed by atoms with E-state index < -0.39 is 0 Å². The van der Waals surface area contributed by atoms with Crippen molar-refractivity contribution in [2.24, 2.45) is 0 Å². The fourth-order valence-corrected chi connectivity index (χ4v) is 2.67. The first-order chi connectivity index (χ1) is 9.22. The SMILES string of the molecule is Cc1ccn2nc(NC3CCCCCC3O)nc2c1. The summed E-state index contributed by atoms with van der Waals surface area (Å²) in [6.45, 7) is 2.04. The quantitative estimate of drug-likeness (QED) is 0.812. The van der Waals surface area contributed by atoms with Gasteiger partial charge in [0.2, 0.25) is 5.95 Å². The molecule has 2 heterocycles. The Hall–Kier alpha value is -1.62. The minimum Gasteiger partial charge on any atom is -0.391 e. The van der Waals surface area contributed by atoms with Crippen molar-refractivity contribution in [2.45, 2.75) is 51.2 Å². The maximum Gasteiger partial charge on any atom is 0.243 e. The summed E-state index contributed by atoms with van der Waals surface area (Å²) < 4.78 is 1.76. The fraction of sp³-hybridized carbons (Fsp3) is 0.571. The molecule has 2 aromatic heterocycles. The van der Waals surface area contributed by atoms with Crippen molar-refractivity contribution >= 4 is 11.6 Å².